The minimum atomic E-state index is -0.532. The maximum atomic E-state index is 12.3. The molecule has 1 amide bonds. The number of nitrogens with one attached hydrogen (secondary N) is 1. The van der Waals surface area contributed by atoms with Crippen LogP contribution in [0.2, 0.25) is 5.02 Å². The molecule has 134 valence electrons. The summed E-state index contributed by atoms with van der Waals surface area (Å²) < 4.78 is 11.1. The van der Waals surface area contributed by atoms with E-state index in [9.17, 15) is 4.79 Å². The van der Waals surface area contributed by atoms with Crippen LogP contribution in [0.15, 0.2) is 28.7 Å². The van der Waals surface area contributed by atoms with Crippen molar-refractivity contribution in [1.82, 2.24) is 10.3 Å². The fraction of sp³-hybridized carbons (Fsp3) is 0.444. The monoisotopic (exact) mass is 363 g/mol. The Morgan fingerprint density at radius 3 is 2.72 bits per heavy atom. The van der Waals surface area contributed by atoms with Crippen molar-refractivity contribution >= 4 is 17.5 Å². The molecule has 0 saturated carbocycles. The van der Waals surface area contributed by atoms with Crippen molar-refractivity contribution in [2.75, 3.05) is 13.2 Å². The van der Waals surface area contributed by atoms with Crippen molar-refractivity contribution < 1.29 is 13.9 Å². The van der Waals surface area contributed by atoms with Gasteiger partial charge in [0, 0.05) is 23.8 Å². The molecule has 1 saturated heterocycles. The molecule has 3 N–H and O–H groups in total. The molecule has 0 aliphatic carbocycles. The molecular formula is C18H22ClN3O3. The molecule has 6 nitrogen and oxygen atoms in total. The van der Waals surface area contributed by atoms with Crippen LogP contribution in [0.3, 0.4) is 0 Å². The second-order valence-corrected chi connectivity index (χ2v) is 6.66. The van der Waals surface area contributed by atoms with Gasteiger partial charge in [0.05, 0.1) is 18.3 Å². The van der Waals surface area contributed by atoms with Gasteiger partial charge in [-0.15, -0.1) is 0 Å². The lowest BCUT2D eigenvalue weighted by molar-refractivity contribution is -0.124. The molecular weight excluding hydrogens is 342 g/mol. The molecule has 1 fully saturated rings. The largest absolute Gasteiger partial charge is 0.438 e. The van der Waals surface area contributed by atoms with Gasteiger partial charge in [-0.3, -0.25) is 4.79 Å². The van der Waals surface area contributed by atoms with Crippen molar-refractivity contribution in [2.45, 2.75) is 32.4 Å². The van der Waals surface area contributed by atoms with Crippen LogP contribution in [-0.2, 0) is 16.1 Å². The highest BCUT2D eigenvalue weighted by molar-refractivity contribution is 6.30. The van der Waals surface area contributed by atoms with Crippen LogP contribution in [0.4, 0.5) is 0 Å². The van der Waals surface area contributed by atoms with E-state index >= 15 is 0 Å². The minimum absolute atomic E-state index is 0.157. The summed E-state index contributed by atoms with van der Waals surface area (Å²) in [7, 11) is 0. The third-order valence-electron chi connectivity index (χ3n) is 4.44. The average Bonchev–Trinajstić information content (AvgIpc) is 3.01. The summed E-state index contributed by atoms with van der Waals surface area (Å²) in [5, 5.41) is 3.48. The molecule has 2 aromatic rings. The Hall–Kier alpha value is -1.89. The highest BCUT2D eigenvalue weighted by atomic mass is 35.5. The van der Waals surface area contributed by atoms with Gasteiger partial charge in [0.15, 0.2) is 5.76 Å². The first-order valence-corrected chi connectivity index (χ1v) is 8.75. The predicted octanol–water partition coefficient (Wildman–Crippen LogP) is 2.67. The van der Waals surface area contributed by atoms with E-state index in [0.717, 1.165) is 24.1 Å². The van der Waals surface area contributed by atoms with Crippen molar-refractivity contribution in [3.63, 3.8) is 0 Å². The van der Waals surface area contributed by atoms with Crippen LogP contribution in [0.25, 0.3) is 11.3 Å². The van der Waals surface area contributed by atoms with Crippen LogP contribution in [0.1, 0.15) is 24.4 Å². The van der Waals surface area contributed by atoms with Crippen molar-refractivity contribution in [3.05, 3.63) is 40.9 Å². The molecule has 1 aromatic carbocycles. The Morgan fingerprint density at radius 1 is 1.36 bits per heavy atom. The average molecular weight is 364 g/mol. The van der Waals surface area contributed by atoms with E-state index in [1.165, 1.54) is 0 Å². The number of hydrogen-bond donors (Lipinski definition) is 2. The number of aromatic nitrogens is 1. The fourth-order valence-electron chi connectivity index (χ4n) is 2.97. The van der Waals surface area contributed by atoms with E-state index in [1.54, 1.807) is 12.1 Å². The first-order valence-electron chi connectivity index (χ1n) is 8.38. The summed E-state index contributed by atoms with van der Waals surface area (Å²) in [6, 6.07) is 6.81. The van der Waals surface area contributed by atoms with Crippen molar-refractivity contribution in [2.24, 2.45) is 11.7 Å². The number of halogens is 1. The normalized spacial score (nSPS) is 16.6. The summed E-state index contributed by atoms with van der Waals surface area (Å²) in [5.74, 6) is 1.10. The predicted molar refractivity (Wildman–Crippen MR) is 95.1 cm³/mol. The number of aryl methyl sites for hydroxylation is 1. The molecule has 0 spiro atoms. The van der Waals surface area contributed by atoms with E-state index in [-0.39, 0.29) is 18.4 Å². The van der Waals surface area contributed by atoms with Crippen LogP contribution < -0.4 is 11.1 Å². The van der Waals surface area contributed by atoms with E-state index in [2.05, 4.69) is 10.3 Å². The third kappa shape index (κ3) is 4.39. The fourth-order valence-corrected chi connectivity index (χ4v) is 3.09. The van der Waals surface area contributed by atoms with Crippen LogP contribution in [0, 0.1) is 12.8 Å². The first-order chi connectivity index (χ1) is 12.0. The Kier molecular flexibility index (Phi) is 5.73. The third-order valence-corrected chi connectivity index (χ3v) is 4.69. The number of hydrogen-bond acceptors (Lipinski definition) is 5. The standard InChI is InChI=1S/C18H22ClN3O3/c1-11-17(13-2-4-14(19)5-3-13)25-15(22-11)10-21-18(23)16(20)12-6-8-24-9-7-12/h2-5,12,16H,6-10,20H2,1H3,(H,21,23). The summed E-state index contributed by atoms with van der Waals surface area (Å²) in [6.45, 7) is 3.40. The SMILES string of the molecule is Cc1nc(CNC(=O)C(N)C2CCOCC2)oc1-c1ccc(Cl)cc1. The zero-order valence-electron chi connectivity index (χ0n) is 14.1. The topological polar surface area (TPSA) is 90.4 Å². The molecule has 2 heterocycles. The lowest BCUT2D eigenvalue weighted by atomic mass is 9.92. The molecule has 1 aromatic heterocycles. The number of carbonyl (C=O) groups excluding carboxylic acids is 1. The van der Waals surface area contributed by atoms with Gasteiger partial charge < -0.3 is 20.2 Å². The van der Waals surface area contributed by atoms with E-state index in [0.29, 0.717) is 29.9 Å². The molecule has 0 radical (unpaired) electrons. The lowest BCUT2D eigenvalue weighted by Crippen LogP contribution is -2.46. The molecule has 25 heavy (non-hydrogen) atoms. The van der Waals surface area contributed by atoms with E-state index < -0.39 is 6.04 Å². The Balaban J connectivity index is 1.60. The zero-order chi connectivity index (χ0) is 17.8. The van der Waals surface area contributed by atoms with Gasteiger partial charge >= 0.3 is 0 Å². The van der Waals surface area contributed by atoms with Gasteiger partial charge in [-0.2, -0.15) is 0 Å². The number of carbonyl (C=O) groups is 1. The van der Waals surface area contributed by atoms with E-state index in [4.69, 9.17) is 26.5 Å². The lowest BCUT2D eigenvalue weighted by Gasteiger charge is -2.26. The highest BCUT2D eigenvalue weighted by Gasteiger charge is 2.26. The number of ether oxygens (including phenoxy) is 1. The Morgan fingerprint density at radius 2 is 2.04 bits per heavy atom. The smallest absolute Gasteiger partial charge is 0.237 e. The number of benzene rings is 1. The molecule has 1 aliphatic rings. The van der Waals surface area contributed by atoms with Crippen LogP contribution >= 0.6 is 11.6 Å². The summed E-state index contributed by atoms with van der Waals surface area (Å²) in [6.07, 6.45) is 1.63. The molecule has 0 bridgehead atoms. The van der Waals surface area contributed by atoms with E-state index in [1.807, 2.05) is 19.1 Å². The Bertz CT molecular complexity index is 724. The van der Waals surface area contributed by atoms with Crippen molar-refractivity contribution in [1.29, 1.82) is 0 Å². The number of amides is 1. The second-order valence-electron chi connectivity index (χ2n) is 6.22. The second kappa shape index (κ2) is 7.99. The van der Waals surface area contributed by atoms with Gasteiger partial charge in [0.25, 0.3) is 0 Å². The summed E-state index contributed by atoms with van der Waals surface area (Å²) in [4.78, 5) is 16.6. The number of nitrogens with zero attached hydrogens (tertiary/aromatic N) is 1. The van der Waals surface area contributed by atoms with Crippen LogP contribution in [0.5, 0.6) is 0 Å². The molecule has 1 unspecified atom stereocenters. The molecule has 1 aliphatic heterocycles. The molecule has 3 rings (SSSR count). The maximum Gasteiger partial charge on any atom is 0.237 e. The number of rotatable bonds is 5. The van der Waals surface area contributed by atoms with Crippen LogP contribution in [-0.4, -0.2) is 30.1 Å². The highest BCUT2D eigenvalue weighted by Crippen LogP contribution is 2.26. The first kappa shape index (κ1) is 17.9. The van der Waals surface area contributed by atoms with Gasteiger partial charge in [-0.1, -0.05) is 11.6 Å². The molecule has 7 heteroatoms. The molecule has 1 atom stereocenters. The quantitative estimate of drug-likeness (QED) is 0.852. The van der Waals surface area contributed by atoms with Gasteiger partial charge in [-0.25, -0.2) is 4.98 Å². The summed E-state index contributed by atoms with van der Waals surface area (Å²) in [5.41, 5.74) is 7.72. The van der Waals surface area contributed by atoms with Gasteiger partial charge in [0.1, 0.15) is 0 Å². The van der Waals surface area contributed by atoms with Gasteiger partial charge in [-0.05, 0) is 49.9 Å². The summed E-state index contributed by atoms with van der Waals surface area (Å²) >= 11 is 5.91. The van der Waals surface area contributed by atoms with Crippen molar-refractivity contribution in [3.8, 4) is 11.3 Å². The van der Waals surface area contributed by atoms with Gasteiger partial charge in [0.2, 0.25) is 11.8 Å². The zero-order valence-corrected chi connectivity index (χ0v) is 14.9. The maximum absolute atomic E-state index is 12.3. The Labute approximate surface area is 151 Å². The minimum Gasteiger partial charge on any atom is -0.438 e. The number of nitrogens with two attached hydrogens (primary N) is 1. The number of oxazole rings is 1.